The summed E-state index contributed by atoms with van der Waals surface area (Å²) in [6.07, 6.45) is 0.236. The molecule has 0 unspecified atom stereocenters. The number of aromatic nitrogens is 6. The van der Waals surface area contributed by atoms with Gasteiger partial charge in [0.1, 0.15) is 11.4 Å². The third-order valence-corrected chi connectivity index (χ3v) is 6.32. The van der Waals surface area contributed by atoms with Gasteiger partial charge in [0.05, 0.1) is 17.6 Å². The number of carbonyl (C=O) groups is 2. The molecule has 3 N–H and O–H groups in total. The highest BCUT2D eigenvalue weighted by Crippen LogP contribution is 2.22. The number of fused-ring (bicyclic) bond motifs is 2. The Balaban J connectivity index is 1.20. The number of ether oxygens (including phenoxy) is 1. The Labute approximate surface area is 231 Å². The fraction of sp³-hybridized carbons (Fsp3) is 0.310. The summed E-state index contributed by atoms with van der Waals surface area (Å²) >= 11 is 0. The number of benzene rings is 2. The van der Waals surface area contributed by atoms with E-state index in [1.165, 1.54) is 0 Å². The number of nitrogens with one attached hydrogen (secondary N) is 3. The molecule has 0 aliphatic rings. The quantitative estimate of drug-likeness (QED) is 0.267. The number of alkyl carbamates (subject to hydrolysis) is 1. The second kappa shape index (κ2) is 10.8. The number of aromatic amines is 1. The molecule has 0 radical (unpaired) electrons. The summed E-state index contributed by atoms with van der Waals surface area (Å²) in [6, 6.07) is 15.5. The molecule has 5 rings (SSSR count). The van der Waals surface area contributed by atoms with Crippen LogP contribution in [0.1, 0.15) is 50.0 Å². The molecule has 40 heavy (non-hydrogen) atoms. The Morgan fingerprint density at radius 3 is 2.48 bits per heavy atom. The average molecular weight is 541 g/mol. The number of hydrogen-bond donors (Lipinski definition) is 3. The van der Waals surface area contributed by atoms with Crippen LogP contribution in [0, 0.1) is 13.8 Å². The van der Waals surface area contributed by atoms with E-state index in [2.05, 4.69) is 35.7 Å². The summed E-state index contributed by atoms with van der Waals surface area (Å²) in [6.45, 7) is 9.33. The van der Waals surface area contributed by atoms with E-state index in [1.54, 1.807) is 25.3 Å². The monoisotopic (exact) mass is 540 g/mol. The molecule has 0 atom stereocenters. The van der Waals surface area contributed by atoms with Gasteiger partial charge in [0.2, 0.25) is 5.91 Å². The molecule has 0 aliphatic heterocycles. The molecule has 206 valence electrons. The van der Waals surface area contributed by atoms with Gasteiger partial charge < -0.3 is 20.4 Å². The highest BCUT2D eigenvalue weighted by molar-refractivity contribution is 5.91. The number of rotatable bonds is 7. The molecule has 3 aromatic heterocycles. The summed E-state index contributed by atoms with van der Waals surface area (Å²) in [5.74, 6) is 1.54. The zero-order chi connectivity index (χ0) is 28.4. The van der Waals surface area contributed by atoms with Crippen molar-refractivity contribution in [2.45, 2.75) is 59.6 Å². The highest BCUT2D eigenvalue weighted by atomic mass is 16.6. The standard InChI is InChI=1S/C29H32N8O3/c1-17-21(18(2)37-27(31-17)35-24(36-37)16-30-28(39)40-29(3,4)5)14-15-25(38)32-20-12-10-19(11-13-20)26-33-22-8-6-7-9-23(22)34-26/h6-13H,14-16H2,1-5H3,(H,30,39)(H,32,38)(H,33,34). The number of aryl methyl sites for hydroxylation is 2. The highest BCUT2D eigenvalue weighted by Gasteiger charge is 2.18. The Bertz CT molecular complexity index is 1660. The van der Waals surface area contributed by atoms with E-state index >= 15 is 0 Å². The molecule has 2 amide bonds. The average Bonchev–Trinajstić information content (AvgIpc) is 3.51. The van der Waals surface area contributed by atoms with Crippen molar-refractivity contribution in [1.82, 2.24) is 34.9 Å². The fourth-order valence-corrected chi connectivity index (χ4v) is 4.41. The first-order chi connectivity index (χ1) is 19.1. The molecule has 0 bridgehead atoms. The lowest BCUT2D eigenvalue weighted by atomic mass is 10.1. The second-order valence-corrected chi connectivity index (χ2v) is 10.6. The van der Waals surface area contributed by atoms with Gasteiger partial charge in [-0.15, -0.1) is 5.10 Å². The number of imidazole rings is 1. The van der Waals surface area contributed by atoms with Gasteiger partial charge in [0, 0.05) is 29.1 Å². The van der Waals surface area contributed by atoms with E-state index in [-0.39, 0.29) is 18.9 Å². The molecule has 0 saturated heterocycles. The minimum Gasteiger partial charge on any atom is -0.444 e. The summed E-state index contributed by atoms with van der Waals surface area (Å²) in [5.41, 5.74) is 5.51. The van der Waals surface area contributed by atoms with Gasteiger partial charge in [-0.25, -0.2) is 19.3 Å². The van der Waals surface area contributed by atoms with Crippen LogP contribution in [0.25, 0.3) is 28.2 Å². The SMILES string of the molecule is Cc1nc2nc(CNC(=O)OC(C)(C)C)nn2c(C)c1CCC(=O)Nc1ccc(-c2nc3ccccc3[nH]2)cc1. The Kier molecular flexibility index (Phi) is 7.20. The van der Waals surface area contributed by atoms with Crippen LogP contribution in [0.4, 0.5) is 10.5 Å². The van der Waals surface area contributed by atoms with E-state index in [0.29, 0.717) is 23.7 Å². The number of carbonyl (C=O) groups excluding carboxylic acids is 2. The van der Waals surface area contributed by atoms with E-state index in [4.69, 9.17) is 4.74 Å². The second-order valence-electron chi connectivity index (χ2n) is 10.6. The van der Waals surface area contributed by atoms with Crippen molar-refractivity contribution < 1.29 is 14.3 Å². The van der Waals surface area contributed by atoms with Crippen LogP contribution in [0.2, 0.25) is 0 Å². The summed E-state index contributed by atoms with van der Waals surface area (Å²) in [4.78, 5) is 41.6. The molecule has 3 heterocycles. The largest absolute Gasteiger partial charge is 0.444 e. The number of para-hydroxylation sites is 2. The normalized spacial score (nSPS) is 11.6. The zero-order valence-electron chi connectivity index (χ0n) is 23.2. The number of H-pyrrole nitrogens is 1. The van der Waals surface area contributed by atoms with Gasteiger partial charge in [-0.05, 0) is 83.0 Å². The lowest BCUT2D eigenvalue weighted by Crippen LogP contribution is -2.32. The van der Waals surface area contributed by atoms with Crippen molar-refractivity contribution >= 4 is 34.5 Å². The molecular weight excluding hydrogens is 508 g/mol. The maximum absolute atomic E-state index is 12.8. The predicted octanol–water partition coefficient (Wildman–Crippen LogP) is 4.88. The van der Waals surface area contributed by atoms with Crippen LogP contribution in [0.15, 0.2) is 48.5 Å². The van der Waals surface area contributed by atoms with E-state index in [0.717, 1.165) is 39.4 Å². The van der Waals surface area contributed by atoms with Crippen molar-refractivity contribution in [3.05, 3.63) is 71.3 Å². The van der Waals surface area contributed by atoms with Crippen molar-refractivity contribution in [3.63, 3.8) is 0 Å². The van der Waals surface area contributed by atoms with Gasteiger partial charge >= 0.3 is 6.09 Å². The van der Waals surface area contributed by atoms with Crippen LogP contribution in [0.5, 0.6) is 0 Å². The first-order valence-corrected chi connectivity index (χ1v) is 13.1. The minimum absolute atomic E-state index is 0.101. The molecular formula is C29H32N8O3. The molecule has 11 heteroatoms. The van der Waals surface area contributed by atoms with Gasteiger partial charge in [0.15, 0.2) is 5.82 Å². The molecule has 2 aromatic carbocycles. The summed E-state index contributed by atoms with van der Waals surface area (Å²) in [5, 5.41) is 10.1. The van der Waals surface area contributed by atoms with Gasteiger partial charge in [-0.2, -0.15) is 4.98 Å². The molecule has 0 fully saturated rings. The van der Waals surface area contributed by atoms with Crippen LogP contribution in [0.3, 0.4) is 0 Å². The maximum atomic E-state index is 12.8. The van der Waals surface area contributed by atoms with E-state index < -0.39 is 11.7 Å². The Morgan fingerprint density at radius 1 is 1.00 bits per heavy atom. The summed E-state index contributed by atoms with van der Waals surface area (Å²) < 4.78 is 6.90. The maximum Gasteiger partial charge on any atom is 0.408 e. The van der Waals surface area contributed by atoms with Gasteiger partial charge in [-0.1, -0.05) is 12.1 Å². The number of anilines is 1. The number of nitrogens with zero attached hydrogens (tertiary/aromatic N) is 5. The van der Waals surface area contributed by atoms with Crippen LogP contribution >= 0.6 is 0 Å². The van der Waals surface area contributed by atoms with E-state index in [9.17, 15) is 9.59 Å². The van der Waals surface area contributed by atoms with Crippen LogP contribution in [-0.4, -0.2) is 47.2 Å². The fourth-order valence-electron chi connectivity index (χ4n) is 4.41. The topological polar surface area (TPSA) is 139 Å². The van der Waals surface area contributed by atoms with Crippen LogP contribution < -0.4 is 10.6 Å². The Hall–Kier alpha value is -4.80. The van der Waals surface area contributed by atoms with Crippen molar-refractivity contribution in [2.75, 3.05) is 5.32 Å². The lowest BCUT2D eigenvalue weighted by molar-refractivity contribution is -0.116. The molecule has 5 aromatic rings. The van der Waals surface area contributed by atoms with Crippen LogP contribution in [-0.2, 0) is 22.5 Å². The molecule has 0 spiro atoms. The molecule has 11 nitrogen and oxygen atoms in total. The number of amides is 2. The first-order valence-electron chi connectivity index (χ1n) is 13.1. The predicted molar refractivity (Wildman–Crippen MR) is 152 cm³/mol. The van der Waals surface area contributed by atoms with Crippen molar-refractivity contribution in [3.8, 4) is 11.4 Å². The Morgan fingerprint density at radius 2 is 1.75 bits per heavy atom. The number of hydrogen-bond acceptors (Lipinski definition) is 7. The van der Waals surface area contributed by atoms with E-state index in [1.807, 2.05) is 62.4 Å². The summed E-state index contributed by atoms with van der Waals surface area (Å²) in [7, 11) is 0. The third kappa shape index (κ3) is 6.09. The third-order valence-electron chi connectivity index (χ3n) is 6.32. The zero-order valence-corrected chi connectivity index (χ0v) is 23.2. The smallest absolute Gasteiger partial charge is 0.408 e. The van der Waals surface area contributed by atoms with Gasteiger partial charge in [0.25, 0.3) is 5.78 Å². The first kappa shape index (κ1) is 26.8. The lowest BCUT2D eigenvalue weighted by Gasteiger charge is -2.19. The van der Waals surface area contributed by atoms with Crippen molar-refractivity contribution in [1.29, 1.82) is 0 Å². The molecule has 0 aliphatic carbocycles. The minimum atomic E-state index is -0.591. The van der Waals surface area contributed by atoms with Crippen molar-refractivity contribution in [2.24, 2.45) is 0 Å². The molecule has 0 saturated carbocycles. The van der Waals surface area contributed by atoms with Gasteiger partial charge in [-0.3, -0.25) is 4.79 Å².